The summed E-state index contributed by atoms with van der Waals surface area (Å²) in [4.78, 5) is 35.5. The van der Waals surface area contributed by atoms with Crippen molar-refractivity contribution in [2.75, 3.05) is 0 Å². The average Bonchev–Trinajstić information content (AvgIpc) is 2.41. The van der Waals surface area contributed by atoms with Gasteiger partial charge in [-0.3, -0.25) is 0 Å². The molecule has 25 heavy (non-hydrogen) atoms. The molecule has 1 rings (SSSR count). The second kappa shape index (κ2) is 7.55. The predicted octanol–water partition coefficient (Wildman–Crippen LogP) is 2.82. The fourth-order valence-corrected chi connectivity index (χ4v) is 1.72. The normalized spacial score (nSPS) is 11.8. The third kappa shape index (κ3) is 7.24. The average molecular weight is 352 g/mol. The topological polar surface area (TPSA) is 99.1 Å². The molecule has 0 unspecified atom stereocenters. The molecule has 0 radical (unpaired) electrons. The zero-order chi connectivity index (χ0) is 19.4. The van der Waals surface area contributed by atoms with Crippen molar-refractivity contribution in [3.63, 3.8) is 0 Å². The van der Waals surface area contributed by atoms with Crippen molar-refractivity contribution < 1.29 is 33.7 Å². The van der Waals surface area contributed by atoms with Gasteiger partial charge in [0.05, 0.1) is 5.56 Å². The number of esters is 2. The minimum absolute atomic E-state index is 0.0541. The largest absolute Gasteiger partial charge is 0.478 e. The number of carbonyl (C=O) groups excluding carboxylic acids is 2. The lowest BCUT2D eigenvalue weighted by atomic mass is 10.2. The fraction of sp³-hybridized carbons (Fsp3) is 0.500. The monoisotopic (exact) mass is 352 g/mol. The van der Waals surface area contributed by atoms with Crippen molar-refractivity contribution in [3.05, 3.63) is 29.8 Å². The van der Waals surface area contributed by atoms with E-state index in [1.165, 1.54) is 24.3 Å². The molecular weight excluding hydrogens is 328 g/mol. The van der Waals surface area contributed by atoms with Gasteiger partial charge in [0.15, 0.2) is 0 Å². The van der Waals surface area contributed by atoms with Crippen molar-refractivity contribution in [2.45, 2.75) is 58.8 Å². The van der Waals surface area contributed by atoms with Gasteiger partial charge in [0, 0.05) is 0 Å². The summed E-state index contributed by atoms with van der Waals surface area (Å²) in [5.41, 5.74) is -1.57. The molecule has 0 fully saturated rings. The van der Waals surface area contributed by atoms with Crippen LogP contribution in [-0.4, -0.2) is 40.3 Å². The summed E-state index contributed by atoms with van der Waals surface area (Å²) in [6.45, 7) is 9.99. The van der Waals surface area contributed by atoms with Crippen LogP contribution in [0.15, 0.2) is 24.3 Å². The Morgan fingerprint density at radius 1 is 0.840 bits per heavy atom. The number of carboxylic acids is 1. The van der Waals surface area contributed by atoms with Crippen LogP contribution in [0.2, 0.25) is 0 Å². The van der Waals surface area contributed by atoms with Gasteiger partial charge >= 0.3 is 17.9 Å². The maximum atomic E-state index is 12.3. The van der Waals surface area contributed by atoms with E-state index >= 15 is 0 Å². The Morgan fingerprint density at radius 2 is 1.24 bits per heavy atom. The molecule has 0 atom stereocenters. The summed E-state index contributed by atoms with van der Waals surface area (Å²) < 4.78 is 15.8. The number of hydrogen-bond donors (Lipinski definition) is 1. The molecule has 0 saturated heterocycles. The van der Waals surface area contributed by atoms with Crippen molar-refractivity contribution in [1.29, 1.82) is 0 Å². The number of carbonyl (C=O) groups is 3. The Balaban J connectivity index is 3.02. The van der Waals surface area contributed by atoms with Crippen molar-refractivity contribution in [1.82, 2.24) is 0 Å². The van der Waals surface area contributed by atoms with Gasteiger partial charge in [0.25, 0.3) is 6.10 Å². The molecule has 1 N–H and O–H groups in total. The quantitative estimate of drug-likeness (QED) is 0.642. The van der Waals surface area contributed by atoms with E-state index in [9.17, 15) is 14.4 Å². The molecule has 7 heteroatoms. The number of ether oxygens (including phenoxy) is 3. The van der Waals surface area contributed by atoms with Crippen LogP contribution < -0.4 is 4.74 Å². The molecular formula is C18H24O7. The Hall–Kier alpha value is -2.57. The first kappa shape index (κ1) is 20.5. The van der Waals surface area contributed by atoms with Crippen LogP contribution in [0.3, 0.4) is 0 Å². The highest BCUT2D eigenvalue weighted by molar-refractivity contribution is 5.98. The van der Waals surface area contributed by atoms with Crippen molar-refractivity contribution in [2.24, 2.45) is 0 Å². The maximum Gasteiger partial charge on any atom is 0.359 e. The molecule has 1 aromatic carbocycles. The van der Waals surface area contributed by atoms with E-state index in [0.717, 1.165) is 0 Å². The predicted molar refractivity (Wildman–Crippen MR) is 89.5 cm³/mol. The van der Waals surface area contributed by atoms with Crippen LogP contribution in [0, 0.1) is 0 Å². The van der Waals surface area contributed by atoms with E-state index in [1.54, 1.807) is 41.5 Å². The van der Waals surface area contributed by atoms with Gasteiger partial charge in [-0.25, -0.2) is 14.4 Å². The third-order valence-corrected chi connectivity index (χ3v) is 2.60. The molecule has 0 aliphatic carbocycles. The van der Waals surface area contributed by atoms with Gasteiger partial charge in [0.1, 0.15) is 17.0 Å². The number of benzene rings is 1. The number of hydrogen-bond acceptors (Lipinski definition) is 6. The molecule has 0 aliphatic rings. The van der Waals surface area contributed by atoms with E-state index in [1.807, 2.05) is 0 Å². The minimum Gasteiger partial charge on any atom is -0.478 e. The van der Waals surface area contributed by atoms with Crippen LogP contribution >= 0.6 is 0 Å². The summed E-state index contributed by atoms with van der Waals surface area (Å²) in [6, 6.07) is 5.31. The zero-order valence-corrected chi connectivity index (χ0v) is 15.3. The highest BCUT2D eigenvalue weighted by Gasteiger charge is 2.37. The standard InChI is InChI=1S/C18H24O7/c1-17(2,3)24-15(21)13(16(22)25-18(4,5)6)23-12-9-7-11(8-10-12)14(19)20/h7-10,13H,1-6H3,(H,19,20). The molecule has 0 spiro atoms. The first-order valence-electron chi connectivity index (χ1n) is 7.74. The summed E-state index contributed by atoms with van der Waals surface area (Å²) in [6.07, 6.45) is -1.62. The molecule has 0 amide bonds. The molecule has 0 bridgehead atoms. The molecule has 7 nitrogen and oxygen atoms in total. The Bertz CT molecular complexity index is 605. The Morgan fingerprint density at radius 3 is 1.56 bits per heavy atom. The number of rotatable bonds is 5. The maximum absolute atomic E-state index is 12.3. The second-order valence-electron chi connectivity index (χ2n) is 7.39. The number of carboxylic acid groups (broad SMARTS) is 1. The van der Waals surface area contributed by atoms with Crippen LogP contribution in [0.25, 0.3) is 0 Å². The Labute approximate surface area is 146 Å². The fourth-order valence-electron chi connectivity index (χ4n) is 1.72. The smallest absolute Gasteiger partial charge is 0.359 e. The lowest BCUT2D eigenvalue weighted by Gasteiger charge is -2.26. The van der Waals surface area contributed by atoms with Crippen LogP contribution in [0.4, 0.5) is 0 Å². The molecule has 0 saturated carbocycles. The van der Waals surface area contributed by atoms with E-state index < -0.39 is 35.2 Å². The highest BCUT2D eigenvalue weighted by Crippen LogP contribution is 2.19. The van der Waals surface area contributed by atoms with Crippen LogP contribution in [-0.2, 0) is 19.1 Å². The second-order valence-corrected chi connectivity index (χ2v) is 7.39. The van der Waals surface area contributed by atoms with E-state index in [-0.39, 0.29) is 11.3 Å². The van der Waals surface area contributed by atoms with Crippen LogP contribution in [0.1, 0.15) is 51.9 Å². The number of aromatic carboxylic acids is 1. The van der Waals surface area contributed by atoms with Crippen molar-refractivity contribution >= 4 is 17.9 Å². The molecule has 1 aromatic rings. The summed E-state index contributed by atoms with van der Waals surface area (Å²) in [5.74, 6) is -2.72. The molecule has 0 aromatic heterocycles. The SMILES string of the molecule is CC(C)(C)OC(=O)C(Oc1ccc(C(=O)O)cc1)C(=O)OC(C)(C)C. The van der Waals surface area contributed by atoms with Crippen molar-refractivity contribution in [3.8, 4) is 5.75 Å². The van der Waals surface area contributed by atoms with Gasteiger partial charge in [-0.15, -0.1) is 0 Å². The summed E-state index contributed by atoms with van der Waals surface area (Å²) in [5, 5.41) is 8.90. The van der Waals surface area contributed by atoms with Gasteiger partial charge < -0.3 is 19.3 Å². The lowest BCUT2D eigenvalue weighted by molar-refractivity contribution is -0.179. The van der Waals surface area contributed by atoms with E-state index in [0.29, 0.717) is 0 Å². The van der Waals surface area contributed by atoms with E-state index in [2.05, 4.69) is 0 Å². The van der Waals surface area contributed by atoms with Gasteiger partial charge in [-0.1, -0.05) is 0 Å². The minimum atomic E-state index is -1.62. The first-order chi connectivity index (χ1) is 11.3. The third-order valence-electron chi connectivity index (χ3n) is 2.60. The van der Waals surface area contributed by atoms with E-state index in [4.69, 9.17) is 19.3 Å². The highest BCUT2D eigenvalue weighted by atomic mass is 16.6. The summed E-state index contributed by atoms with van der Waals surface area (Å²) in [7, 11) is 0. The van der Waals surface area contributed by atoms with Gasteiger partial charge in [0.2, 0.25) is 0 Å². The molecule has 0 heterocycles. The first-order valence-corrected chi connectivity index (χ1v) is 7.74. The van der Waals surface area contributed by atoms with Crippen LogP contribution in [0.5, 0.6) is 5.75 Å². The molecule has 138 valence electrons. The van der Waals surface area contributed by atoms with Gasteiger partial charge in [-0.05, 0) is 65.8 Å². The molecule has 0 aliphatic heterocycles. The van der Waals surface area contributed by atoms with Gasteiger partial charge in [-0.2, -0.15) is 0 Å². The summed E-state index contributed by atoms with van der Waals surface area (Å²) >= 11 is 0. The Kier molecular flexibility index (Phi) is 6.18. The zero-order valence-electron chi connectivity index (χ0n) is 15.3. The lowest BCUT2D eigenvalue weighted by Crippen LogP contribution is -2.44.